The fourth-order valence-electron chi connectivity index (χ4n) is 2.86. The van der Waals surface area contributed by atoms with Gasteiger partial charge in [-0.3, -0.25) is 0 Å². The van der Waals surface area contributed by atoms with E-state index in [0.29, 0.717) is 12.8 Å². The van der Waals surface area contributed by atoms with Crippen molar-refractivity contribution in [3.05, 3.63) is 23.8 Å². The average molecular weight is 324 g/mol. The molecular formula is C19H32O4. The van der Waals surface area contributed by atoms with Crippen molar-refractivity contribution in [3.63, 3.8) is 0 Å². The number of rotatable bonds is 12. The Morgan fingerprint density at radius 1 is 0.739 bits per heavy atom. The van der Waals surface area contributed by atoms with Crippen LogP contribution in [0.25, 0.3) is 0 Å². The van der Waals surface area contributed by atoms with E-state index in [1.54, 1.807) is 12.1 Å². The van der Waals surface area contributed by atoms with Crippen molar-refractivity contribution in [2.45, 2.75) is 83.3 Å². The zero-order valence-corrected chi connectivity index (χ0v) is 14.2. The zero-order valence-electron chi connectivity index (χ0n) is 14.2. The summed E-state index contributed by atoms with van der Waals surface area (Å²) in [4.78, 5) is 0. The van der Waals surface area contributed by atoms with Crippen LogP contribution in [0.2, 0.25) is 0 Å². The van der Waals surface area contributed by atoms with Gasteiger partial charge in [-0.15, -0.1) is 0 Å². The number of benzene rings is 1. The van der Waals surface area contributed by atoms with Gasteiger partial charge in [0.2, 0.25) is 0 Å². The molecular weight excluding hydrogens is 292 g/mol. The van der Waals surface area contributed by atoms with Crippen LogP contribution in [0.1, 0.15) is 70.3 Å². The van der Waals surface area contributed by atoms with E-state index in [1.165, 1.54) is 18.9 Å². The lowest BCUT2D eigenvalue weighted by Crippen LogP contribution is -2.10. The monoisotopic (exact) mass is 324 g/mol. The molecule has 0 saturated heterocycles. The van der Waals surface area contributed by atoms with E-state index in [9.17, 15) is 20.4 Å². The molecule has 0 fully saturated rings. The largest absolute Gasteiger partial charge is 0.508 e. The summed E-state index contributed by atoms with van der Waals surface area (Å²) in [6.45, 7) is 2.16. The van der Waals surface area contributed by atoms with E-state index in [0.717, 1.165) is 44.1 Å². The SMILES string of the molecule is CCCCCC(O)CCCCCC(O)Cc1cc(O)cc(O)c1. The van der Waals surface area contributed by atoms with E-state index >= 15 is 0 Å². The first-order chi connectivity index (χ1) is 11.0. The summed E-state index contributed by atoms with van der Waals surface area (Å²) in [5.74, 6) is 0.0357. The first-order valence-corrected chi connectivity index (χ1v) is 8.89. The molecule has 1 aromatic carbocycles. The third kappa shape index (κ3) is 9.47. The maximum Gasteiger partial charge on any atom is 0.119 e. The summed E-state index contributed by atoms with van der Waals surface area (Å²) >= 11 is 0. The number of phenolic OH excluding ortho intramolecular Hbond substituents is 2. The predicted octanol–water partition coefficient (Wildman–Crippen LogP) is 3.89. The van der Waals surface area contributed by atoms with Crippen molar-refractivity contribution >= 4 is 0 Å². The smallest absolute Gasteiger partial charge is 0.119 e. The van der Waals surface area contributed by atoms with Crippen LogP contribution in [0.15, 0.2) is 18.2 Å². The summed E-state index contributed by atoms with van der Waals surface area (Å²) in [7, 11) is 0. The fraction of sp³-hybridized carbons (Fsp3) is 0.684. The van der Waals surface area contributed by atoms with Gasteiger partial charge in [-0.25, -0.2) is 0 Å². The van der Waals surface area contributed by atoms with Gasteiger partial charge in [0.1, 0.15) is 11.5 Å². The third-order valence-electron chi connectivity index (χ3n) is 4.15. The minimum Gasteiger partial charge on any atom is -0.508 e. The van der Waals surface area contributed by atoms with Gasteiger partial charge in [-0.2, -0.15) is 0 Å². The van der Waals surface area contributed by atoms with E-state index in [4.69, 9.17) is 0 Å². The number of aliphatic hydroxyl groups is 2. The molecule has 0 aliphatic rings. The van der Waals surface area contributed by atoms with Crippen molar-refractivity contribution in [1.29, 1.82) is 0 Å². The Balaban J connectivity index is 2.11. The molecule has 132 valence electrons. The van der Waals surface area contributed by atoms with Gasteiger partial charge < -0.3 is 20.4 Å². The first-order valence-electron chi connectivity index (χ1n) is 8.89. The highest BCUT2D eigenvalue weighted by Crippen LogP contribution is 2.22. The maximum atomic E-state index is 10.0. The molecule has 0 saturated carbocycles. The van der Waals surface area contributed by atoms with Crippen LogP contribution in [-0.4, -0.2) is 32.6 Å². The lowest BCUT2D eigenvalue weighted by molar-refractivity contribution is 0.143. The second-order valence-corrected chi connectivity index (χ2v) is 6.50. The third-order valence-corrected chi connectivity index (χ3v) is 4.15. The van der Waals surface area contributed by atoms with Crippen LogP contribution in [-0.2, 0) is 6.42 Å². The van der Waals surface area contributed by atoms with Crippen LogP contribution in [0.5, 0.6) is 11.5 Å². The lowest BCUT2D eigenvalue weighted by atomic mass is 10.0. The molecule has 4 N–H and O–H groups in total. The second kappa shape index (κ2) is 11.3. The summed E-state index contributed by atoms with van der Waals surface area (Å²) in [6, 6.07) is 4.41. The van der Waals surface area contributed by atoms with Gasteiger partial charge in [0.05, 0.1) is 12.2 Å². The predicted molar refractivity (Wildman–Crippen MR) is 92.7 cm³/mol. The van der Waals surface area contributed by atoms with E-state index in [2.05, 4.69) is 6.92 Å². The van der Waals surface area contributed by atoms with Crippen LogP contribution >= 0.6 is 0 Å². The van der Waals surface area contributed by atoms with Crippen LogP contribution in [0.4, 0.5) is 0 Å². The molecule has 2 unspecified atom stereocenters. The highest BCUT2D eigenvalue weighted by atomic mass is 16.3. The zero-order chi connectivity index (χ0) is 17.1. The van der Waals surface area contributed by atoms with Gasteiger partial charge in [-0.1, -0.05) is 45.4 Å². The molecule has 0 aliphatic heterocycles. The van der Waals surface area contributed by atoms with Crippen molar-refractivity contribution in [3.8, 4) is 11.5 Å². The quantitative estimate of drug-likeness (QED) is 0.440. The van der Waals surface area contributed by atoms with Crippen LogP contribution in [0, 0.1) is 0 Å². The molecule has 4 nitrogen and oxygen atoms in total. The topological polar surface area (TPSA) is 80.9 Å². The highest BCUT2D eigenvalue weighted by molar-refractivity contribution is 5.36. The van der Waals surface area contributed by atoms with E-state index < -0.39 is 6.10 Å². The Morgan fingerprint density at radius 2 is 1.26 bits per heavy atom. The fourth-order valence-corrected chi connectivity index (χ4v) is 2.86. The van der Waals surface area contributed by atoms with Gasteiger partial charge in [0, 0.05) is 6.07 Å². The number of unbranched alkanes of at least 4 members (excludes halogenated alkanes) is 4. The van der Waals surface area contributed by atoms with Crippen molar-refractivity contribution < 1.29 is 20.4 Å². The number of aromatic hydroxyl groups is 2. The molecule has 1 aromatic rings. The van der Waals surface area contributed by atoms with Crippen LogP contribution in [0.3, 0.4) is 0 Å². The molecule has 0 aliphatic carbocycles. The Morgan fingerprint density at radius 3 is 1.83 bits per heavy atom. The minimum absolute atomic E-state index is 0.0178. The normalized spacial score (nSPS) is 13.9. The minimum atomic E-state index is -0.467. The van der Waals surface area contributed by atoms with Gasteiger partial charge in [0.15, 0.2) is 0 Å². The summed E-state index contributed by atoms with van der Waals surface area (Å²) in [6.07, 6.45) is 8.63. The molecule has 0 radical (unpaired) electrons. The molecule has 1 rings (SSSR count). The number of aliphatic hydroxyl groups excluding tert-OH is 2. The molecule has 4 heteroatoms. The summed E-state index contributed by atoms with van der Waals surface area (Å²) in [5, 5.41) is 38.7. The van der Waals surface area contributed by atoms with Gasteiger partial charge in [-0.05, 0) is 43.4 Å². The molecule has 0 bridgehead atoms. The van der Waals surface area contributed by atoms with Gasteiger partial charge >= 0.3 is 0 Å². The first kappa shape index (κ1) is 19.8. The van der Waals surface area contributed by atoms with Crippen molar-refractivity contribution in [1.82, 2.24) is 0 Å². The molecule has 2 atom stereocenters. The molecule has 0 amide bonds. The van der Waals surface area contributed by atoms with Crippen LogP contribution < -0.4 is 0 Å². The Bertz CT molecular complexity index is 413. The lowest BCUT2D eigenvalue weighted by Gasteiger charge is -2.12. The molecule has 23 heavy (non-hydrogen) atoms. The van der Waals surface area contributed by atoms with E-state index in [1.807, 2.05) is 0 Å². The summed E-state index contributed by atoms with van der Waals surface area (Å²) < 4.78 is 0. The number of phenols is 2. The Kier molecular flexibility index (Phi) is 9.72. The Labute approximate surface area is 139 Å². The maximum absolute atomic E-state index is 10.0. The molecule has 0 spiro atoms. The second-order valence-electron chi connectivity index (χ2n) is 6.50. The van der Waals surface area contributed by atoms with Gasteiger partial charge in [0.25, 0.3) is 0 Å². The average Bonchev–Trinajstić information content (AvgIpc) is 2.46. The van der Waals surface area contributed by atoms with Crippen molar-refractivity contribution in [2.24, 2.45) is 0 Å². The highest BCUT2D eigenvalue weighted by Gasteiger charge is 2.08. The number of hydrogen-bond acceptors (Lipinski definition) is 4. The molecule has 0 aromatic heterocycles. The standard InChI is InChI=1S/C19H32O4/c1-2-3-5-8-16(20)9-6-4-7-10-17(21)11-15-12-18(22)14-19(23)13-15/h12-14,16-17,20-23H,2-11H2,1H3. The molecule has 0 heterocycles. The summed E-state index contributed by atoms with van der Waals surface area (Å²) in [5.41, 5.74) is 0.737. The number of hydrogen-bond donors (Lipinski definition) is 4. The van der Waals surface area contributed by atoms with Crippen molar-refractivity contribution in [2.75, 3.05) is 0 Å². The Hall–Kier alpha value is -1.26. The van der Waals surface area contributed by atoms with E-state index in [-0.39, 0.29) is 17.6 Å².